The summed E-state index contributed by atoms with van der Waals surface area (Å²) in [5.74, 6) is 0. The molecule has 0 fully saturated rings. The second-order valence-electron chi connectivity index (χ2n) is 2.85. The van der Waals surface area contributed by atoms with E-state index < -0.39 is 0 Å². The van der Waals surface area contributed by atoms with Crippen LogP contribution in [0.3, 0.4) is 0 Å². The third kappa shape index (κ3) is 2.40. The molecule has 0 unspecified atom stereocenters. The van der Waals surface area contributed by atoms with Gasteiger partial charge in [0.15, 0.2) is 0 Å². The van der Waals surface area contributed by atoms with Crippen LogP contribution in [-0.2, 0) is 6.42 Å². The fourth-order valence-corrected chi connectivity index (χ4v) is 1.25. The van der Waals surface area contributed by atoms with Crippen molar-refractivity contribution >= 4 is 17.1 Å². The standard InChI is InChI=1S/C10H13NS/c1-8-4-2-3-5-9(8)6-10(12)7-11/h2-5H,6-7,11H2,1H3. The van der Waals surface area contributed by atoms with Gasteiger partial charge in [-0.2, -0.15) is 0 Å². The predicted molar refractivity (Wildman–Crippen MR) is 56.5 cm³/mol. The van der Waals surface area contributed by atoms with Gasteiger partial charge < -0.3 is 5.73 Å². The van der Waals surface area contributed by atoms with Crippen LogP contribution >= 0.6 is 12.2 Å². The van der Waals surface area contributed by atoms with Crippen molar-refractivity contribution in [1.29, 1.82) is 0 Å². The molecule has 0 heterocycles. The number of thiocarbonyl (C=S) groups is 1. The van der Waals surface area contributed by atoms with Crippen molar-refractivity contribution in [2.24, 2.45) is 5.73 Å². The summed E-state index contributed by atoms with van der Waals surface area (Å²) in [5.41, 5.74) is 8.00. The Morgan fingerprint density at radius 3 is 2.67 bits per heavy atom. The van der Waals surface area contributed by atoms with Crippen LogP contribution in [-0.4, -0.2) is 11.4 Å². The van der Waals surface area contributed by atoms with E-state index in [1.54, 1.807) is 0 Å². The first-order chi connectivity index (χ1) is 5.74. The number of nitrogens with two attached hydrogens (primary N) is 1. The Morgan fingerprint density at radius 1 is 1.42 bits per heavy atom. The normalized spacial score (nSPS) is 9.83. The van der Waals surface area contributed by atoms with Crippen LogP contribution < -0.4 is 5.73 Å². The molecule has 1 aromatic rings. The Balaban J connectivity index is 2.75. The lowest BCUT2D eigenvalue weighted by Gasteiger charge is -2.04. The van der Waals surface area contributed by atoms with Crippen molar-refractivity contribution in [3.05, 3.63) is 35.4 Å². The van der Waals surface area contributed by atoms with Gasteiger partial charge >= 0.3 is 0 Å². The Bertz CT molecular complexity index is 281. The van der Waals surface area contributed by atoms with Crippen LogP contribution in [0.4, 0.5) is 0 Å². The van der Waals surface area contributed by atoms with Crippen molar-refractivity contribution in [3.8, 4) is 0 Å². The molecule has 1 nitrogen and oxygen atoms in total. The molecule has 0 aliphatic heterocycles. The molecule has 0 spiro atoms. The summed E-state index contributed by atoms with van der Waals surface area (Å²) >= 11 is 5.07. The number of hydrogen-bond donors (Lipinski definition) is 1. The zero-order valence-electron chi connectivity index (χ0n) is 7.21. The zero-order chi connectivity index (χ0) is 8.97. The topological polar surface area (TPSA) is 26.0 Å². The van der Waals surface area contributed by atoms with Crippen molar-refractivity contribution in [2.75, 3.05) is 6.54 Å². The van der Waals surface area contributed by atoms with Crippen molar-refractivity contribution < 1.29 is 0 Å². The van der Waals surface area contributed by atoms with Gasteiger partial charge in [0.05, 0.1) is 0 Å². The molecule has 0 saturated carbocycles. The van der Waals surface area contributed by atoms with Gasteiger partial charge in [0, 0.05) is 17.8 Å². The van der Waals surface area contributed by atoms with Crippen molar-refractivity contribution in [1.82, 2.24) is 0 Å². The summed E-state index contributed by atoms with van der Waals surface area (Å²) in [6.45, 7) is 2.60. The van der Waals surface area contributed by atoms with E-state index in [9.17, 15) is 0 Å². The maximum absolute atomic E-state index is 5.43. The van der Waals surface area contributed by atoms with E-state index in [0.717, 1.165) is 11.3 Å². The summed E-state index contributed by atoms with van der Waals surface area (Å²) < 4.78 is 0. The first-order valence-electron chi connectivity index (χ1n) is 4.00. The maximum atomic E-state index is 5.43. The van der Waals surface area contributed by atoms with Gasteiger partial charge in [-0.25, -0.2) is 0 Å². The van der Waals surface area contributed by atoms with Crippen LogP contribution in [0.1, 0.15) is 11.1 Å². The third-order valence-corrected chi connectivity index (χ3v) is 2.19. The molecule has 0 aliphatic carbocycles. The highest BCUT2D eigenvalue weighted by Crippen LogP contribution is 2.07. The molecule has 0 aromatic heterocycles. The lowest BCUT2D eigenvalue weighted by atomic mass is 10.0. The summed E-state index contributed by atoms with van der Waals surface area (Å²) in [5, 5.41) is 0. The Morgan fingerprint density at radius 2 is 2.08 bits per heavy atom. The molecule has 0 atom stereocenters. The number of rotatable bonds is 3. The first kappa shape index (κ1) is 9.36. The van der Waals surface area contributed by atoms with E-state index >= 15 is 0 Å². The molecule has 0 amide bonds. The smallest absolute Gasteiger partial charge is 0.0246 e. The van der Waals surface area contributed by atoms with E-state index in [1.165, 1.54) is 11.1 Å². The lowest BCUT2D eigenvalue weighted by Crippen LogP contribution is -2.14. The molecule has 12 heavy (non-hydrogen) atoms. The van der Waals surface area contributed by atoms with Gasteiger partial charge in [-0.15, -0.1) is 0 Å². The molecule has 0 aliphatic rings. The molecule has 0 bridgehead atoms. The quantitative estimate of drug-likeness (QED) is 0.717. The van der Waals surface area contributed by atoms with Crippen LogP contribution in [0, 0.1) is 6.92 Å². The van der Waals surface area contributed by atoms with Crippen LogP contribution in [0.2, 0.25) is 0 Å². The Hall–Kier alpha value is -0.730. The van der Waals surface area contributed by atoms with E-state index in [2.05, 4.69) is 19.1 Å². The molecule has 2 heteroatoms. The highest BCUT2D eigenvalue weighted by atomic mass is 32.1. The third-order valence-electron chi connectivity index (χ3n) is 1.88. The minimum atomic E-state index is 0.504. The summed E-state index contributed by atoms with van der Waals surface area (Å²) in [7, 11) is 0. The second kappa shape index (κ2) is 4.33. The number of aryl methyl sites for hydroxylation is 1. The van der Waals surface area contributed by atoms with Crippen molar-refractivity contribution in [2.45, 2.75) is 13.3 Å². The highest BCUT2D eigenvalue weighted by Gasteiger charge is 1.99. The molecular weight excluding hydrogens is 166 g/mol. The Labute approximate surface area is 78.6 Å². The minimum Gasteiger partial charge on any atom is -0.326 e. The first-order valence-corrected chi connectivity index (χ1v) is 4.41. The highest BCUT2D eigenvalue weighted by molar-refractivity contribution is 7.80. The van der Waals surface area contributed by atoms with Gasteiger partial charge in [-0.1, -0.05) is 36.5 Å². The molecule has 1 rings (SSSR count). The van der Waals surface area contributed by atoms with Crippen LogP contribution in [0.5, 0.6) is 0 Å². The predicted octanol–water partition coefficient (Wildman–Crippen LogP) is 1.87. The van der Waals surface area contributed by atoms with Gasteiger partial charge in [0.25, 0.3) is 0 Å². The molecular formula is C10H13NS. The maximum Gasteiger partial charge on any atom is 0.0246 e. The fourth-order valence-electron chi connectivity index (χ4n) is 1.09. The average Bonchev–Trinajstić information content (AvgIpc) is 2.09. The van der Waals surface area contributed by atoms with E-state index in [0.29, 0.717) is 6.54 Å². The SMILES string of the molecule is Cc1ccccc1CC(=S)CN. The van der Waals surface area contributed by atoms with E-state index in [1.807, 2.05) is 12.1 Å². The molecule has 64 valence electrons. The summed E-state index contributed by atoms with van der Waals surface area (Å²) in [6, 6.07) is 8.25. The largest absolute Gasteiger partial charge is 0.326 e. The average molecular weight is 179 g/mol. The summed E-state index contributed by atoms with van der Waals surface area (Å²) in [6.07, 6.45) is 0.832. The van der Waals surface area contributed by atoms with E-state index in [-0.39, 0.29) is 0 Å². The molecule has 0 radical (unpaired) electrons. The number of benzene rings is 1. The van der Waals surface area contributed by atoms with Crippen LogP contribution in [0.25, 0.3) is 0 Å². The lowest BCUT2D eigenvalue weighted by molar-refractivity contribution is 1.21. The molecule has 2 N–H and O–H groups in total. The van der Waals surface area contributed by atoms with Crippen molar-refractivity contribution in [3.63, 3.8) is 0 Å². The van der Waals surface area contributed by atoms with Gasteiger partial charge in [-0.3, -0.25) is 0 Å². The van der Waals surface area contributed by atoms with E-state index in [4.69, 9.17) is 18.0 Å². The van der Waals surface area contributed by atoms with Gasteiger partial charge in [0.1, 0.15) is 0 Å². The molecule has 1 aromatic carbocycles. The zero-order valence-corrected chi connectivity index (χ0v) is 8.03. The van der Waals surface area contributed by atoms with Gasteiger partial charge in [0.2, 0.25) is 0 Å². The van der Waals surface area contributed by atoms with Gasteiger partial charge in [-0.05, 0) is 18.1 Å². The fraction of sp³-hybridized carbons (Fsp3) is 0.300. The Kier molecular flexibility index (Phi) is 3.38. The minimum absolute atomic E-state index is 0.504. The molecule has 0 saturated heterocycles. The monoisotopic (exact) mass is 179 g/mol. The second-order valence-corrected chi connectivity index (χ2v) is 3.42. The van der Waals surface area contributed by atoms with Crippen LogP contribution in [0.15, 0.2) is 24.3 Å². The summed E-state index contributed by atoms with van der Waals surface area (Å²) in [4.78, 5) is 0.921. The number of hydrogen-bond acceptors (Lipinski definition) is 2.